The minimum atomic E-state index is -4.11. The van der Waals surface area contributed by atoms with E-state index in [9.17, 15) is 18.0 Å². The number of pyridine rings is 1. The van der Waals surface area contributed by atoms with Crippen molar-refractivity contribution in [3.63, 3.8) is 0 Å². The van der Waals surface area contributed by atoms with E-state index in [0.717, 1.165) is 0 Å². The number of hydrogen-bond donors (Lipinski definition) is 2. The highest BCUT2D eigenvalue weighted by Gasteiger charge is 2.21. The van der Waals surface area contributed by atoms with Gasteiger partial charge in [0, 0.05) is 28.7 Å². The summed E-state index contributed by atoms with van der Waals surface area (Å²) in [6.45, 7) is 0. The Bertz CT molecular complexity index is 1320. The SMILES string of the molecule is O=C(NS(=O)(=O)c1cccc2cnccc12)c1ccc2oc(=O)[nH]c2c1. The van der Waals surface area contributed by atoms with Gasteiger partial charge < -0.3 is 4.42 Å². The number of H-pyrrole nitrogens is 1. The van der Waals surface area contributed by atoms with E-state index in [1.807, 2.05) is 4.72 Å². The van der Waals surface area contributed by atoms with Gasteiger partial charge in [0.05, 0.1) is 10.4 Å². The van der Waals surface area contributed by atoms with E-state index in [0.29, 0.717) is 16.3 Å². The molecule has 130 valence electrons. The quantitative estimate of drug-likeness (QED) is 0.568. The molecular weight excluding hydrogens is 358 g/mol. The molecule has 8 nitrogen and oxygen atoms in total. The molecule has 2 N–H and O–H groups in total. The standard InChI is InChI=1S/C17H11N3O5S/c21-16(10-4-5-14-13(8-10)19-17(22)25-14)20-26(23,24)15-3-1-2-11-9-18-7-6-12(11)15/h1-9H,(H,19,22)(H,20,21). The number of sulfonamides is 1. The van der Waals surface area contributed by atoms with Gasteiger partial charge in [0.15, 0.2) is 5.58 Å². The predicted molar refractivity (Wildman–Crippen MR) is 93.2 cm³/mol. The molecule has 9 heteroatoms. The van der Waals surface area contributed by atoms with Gasteiger partial charge in [-0.25, -0.2) is 17.9 Å². The number of hydrogen-bond acceptors (Lipinski definition) is 6. The van der Waals surface area contributed by atoms with Crippen LogP contribution in [0.15, 0.2) is 69.0 Å². The summed E-state index contributed by atoms with van der Waals surface area (Å²) in [5.41, 5.74) is 0.646. The van der Waals surface area contributed by atoms with Gasteiger partial charge in [-0.1, -0.05) is 12.1 Å². The van der Waals surface area contributed by atoms with Crippen molar-refractivity contribution in [1.82, 2.24) is 14.7 Å². The maximum absolute atomic E-state index is 12.7. The van der Waals surface area contributed by atoms with Crippen LogP contribution in [0.1, 0.15) is 10.4 Å². The summed E-state index contributed by atoms with van der Waals surface area (Å²) < 4.78 is 32.2. The van der Waals surface area contributed by atoms with Crippen molar-refractivity contribution in [3.05, 3.63) is 71.0 Å². The zero-order valence-electron chi connectivity index (χ0n) is 13.1. The van der Waals surface area contributed by atoms with E-state index in [4.69, 9.17) is 4.42 Å². The van der Waals surface area contributed by atoms with Crippen molar-refractivity contribution >= 4 is 37.8 Å². The predicted octanol–water partition coefficient (Wildman–Crippen LogP) is 1.79. The molecule has 0 fully saturated rings. The number of carbonyl (C=O) groups excluding carboxylic acids is 1. The average molecular weight is 369 g/mol. The highest BCUT2D eigenvalue weighted by atomic mass is 32.2. The summed E-state index contributed by atoms with van der Waals surface area (Å²) in [6.07, 6.45) is 3.02. The topological polar surface area (TPSA) is 122 Å². The second-order valence-electron chi connectivity index (χ2n) is 5.51. The molecule has 4 aromatic rings. The molecule has 0 aliphatic rings. The van der Waals surface area contributed by atoms with Crippen molar-refractivity contribution in [2.45, 2.75) is 4.90 Å². The summed E-state index contributed by atoms with van der Waals surface area (Å²) in [5, 5.41) is 1.10. The number of rotatable bonds is 3. The molecule has 0 aliphatic heterocycles. The van der Waals surface area contributed by atoms with Crippen LogP contribution in [0.2, 0.25) is 0 Å². The van der Waals surface area contributed by atoms with E-state index in [2.05, 4.69) is 9.97 Å². The van der Waals surface area contributed by atoms with E-state index in [-0.39, 0.29) is 16.0 Å². The summed E-state index contributed by atoms with van der Waals surface area (Å²) in [7, 11) is -4.11. The van der Waals surface area contributed by atoms with Crippen molar-refractivity contribution in [3.8, 4) is 0 Å². The number of oxazole rings is 1. The highest BCUT2D eigenvalue weighted by Crippen LogP contribution is 2.22. The highest BCUT2D eigenvalue weighted by molar-refractivity contribution is 7.90. The third-order valence-electron chi connectivity index (χ3n) is 3.84. The fourth-order valence-corrected chi connectivity index (χ4v) is 3.86. The third kappa shape index (κ3) is 2.74. The smallest absolute Gasteiger partial charge is 0.408 e. The normalized spacial score (nSPS) is 11.7. The van der Waals surface area contributed by atoms with Gasteiger partial charge >= 0.3 is 5.76 Å². The number of aromatic nitrogens is 2. The summed E-state index contributed by atoms with van der Waals surface area (Å²) in [5.74, 6) is -1.48. The molecule has 0 radical (unpaired) electrons. The van der Waals surface area contributed by atoms with Crippen LogP contribution in [0.4, 0.5) is 0 Å². The van der Waals surface area contributed by atoms with E-state index < -0.39 is 21.7 Å². The molecule has 0 bridgehead atoms. The van der Waals surface area contributed by atoms with Crippen molar-refractivity contribution in [2.75, 3.05) is 0 Å². The summed E-state index contributed by atoms with van der Waals surface area (Å²) >= 11 is 0. The second-order valence-corrected chi connectivity index (χ2v) is 7.16. The van der Waals surface area contributed by atoms with Crippen molar-refractivity contribution in [2.24, 2.45) is 0 Å². The number of amides is 1. The number of nitrogens with one attached hydrogen (secondary N) is 2. The molecule has 0 atom stereocenters. The lowest BCUT2D eigenvalue weighted by molar-refractivity contribution is 0.0981. The number of benzene rings is 2. The molecular formula is C17H11N3O5S. The van der Waals surface area contributed by atoms with Crippen LogP contribution < -0.4 is 10.5 Å². The Balaban J connectivity index is 1.72. The largest absolute Gasteiger partial charge is 0.417 e. The van der Waals surface area contributed by atoms with Crippen molar-refractivity contribution in [1.29, 1.82) is 0 Å². The minimum Gasteiger partial charge on any atom is -0.408 e. The molecule has 0 unspecified atom stereocenters. The second kappa shape index (κ2) is 5.81. The van der Waals surface area contributed by atoms with E-state index in [1.165, 1.54) is 30.5 Å². The van der Waals surface area contributed by atoms with Crippen LogP contribution in [-0.2, 0) is 10.0 Å². The molecule has 0 aliphatic carbocycles. The van der Waals surface area contributed by atoms with Gasteiger partial charge in [-0.05, 0) is 30.3 Å². The van der Waals surface area contributed by atoms with Gasteiger partial charge in [0.25, 0.3) is 15.9 Å². The van der Waals surface area contributed by atoms with Gasteiger partial charge in [-0.15, -0.1) is 0 Å². The van der Waals surface area contributed by atoms with Crippen LogP contribution in [0.25, 0.3) is 21.9 Å². The Morgan fingerprint density at radius 3 is 2.85 bits per heavy atom. The number of aromatic amines is 1. The lowest BCUT2D eigenvalue weighted by atomic mass is 10.2. The first-order valence-corrected chi connectivity index (χ1v) is 8.95. The van der Waals surface area contributed by atoms with Crippen LogP contribution in [0.5, 0.6) is 0 Å². The third-order valence-corrected chi connectivity index (χ3v) is 5.23. The van der Waals surface area contributed by atoms with Crippen molar-refractivity contribution < 1.29 is 17.6 Å². The molecule has 26 heavy (non-hydrogen) atoms. The number of nitrogens with zero attached hydrogens (tertiary/aromatic N) is 1. The molecule has 0 saturated heterocycles. The maximum Gasteiger partial charge on any atom is 0.417 e. The first kappa shape index (κ1) is 16.0. The van der Waals surface area contributed by atoms with Gasteiger partial charge in [-0.3, -0.25) is 14.8 Å². The molecule has 4 rings (SSSR count). The Kier molecular flexibility index (Phi) is 3.58. The average Bonchev–Trinajstić information content (AvgIpc) is 3.00. The van der Waals surface area contributed by atoms with Crippen LogP contribution in [0.3, 0.4) is 0 Å². The Morgan fingerprint density at radius 2 is 2.00 bits per heavy atom. The van der Waals surface area contributed by atoms with Gasteiger partial charge in [-0.2, -0.15) is 0 Å². The van der Waals surface area contributed by atoms with Gasteiger partial charge in [0.1, 0.15) is 0 Å². The first-order valence-electron chi connectivity index (χ1n) is 7.47. The Morgan fingerprint density at radius 1 is 1.15 bits per heavy atom. The first-order chi connectivity index (χ1) is 12.4. The lowest BCUT2D eigenvalue weighted by Gasteiger charge is -2.09. The van der Waals surface area contributed by atoms with Crippen LogP contribution in [0, 0.1) is 0 Å². The van der Waals surface area contributed by atoms with E-state index in [1.54, 1.807) is 24.4 Å². The van der Waals surface area contributed by atoms with Crippen LogP contribution >= 0.6 is 0 Å². The summed E-state index contributed by atoms with van der Waals surface area (Å²) in [4.78, 5) is 29.9. The summed E-state index contributed by atoms with van der Waals surface area (Å²) in [6, 6.07) is 10.4. The fourth-order valence-electron chi connectivity index (χ4n) is 2.66. The Labute approximate surface area is 146 Å². The van der Waals surface area contributed by atoms with Crippen LogP contribution in [-0.4, -0.2) is 24.3 Å². The number of carbonyl (C=O) groups is 1. The monoisotopic (exact) mass is 369 g/mol. The maximum atomic E-state index is 12.7. The Hall–Kier alpha value is -3.46. The molecule has 2 heterocycles. The fraction of sp³-hybridized carbons (Fsp3) is 0. The minimum absolute atomic E-state index is 0.0245. The van der Waals surface area contributed by atoms with Gasteiger partial charge in [0.2, 0.25) is 0 Å². The lowest BCUT2D eigenvalue weighted by Crippen LogP contribution is -2.30. The zero-order valence-corrected chi connectivity index (χ0v) is 13.9. The molecule has 2 aromatic carbocycles. The molecule has 0 spiro atoms. The zero-order chi connectivity index (χ0) is 18.3. The molecule has 1 amide bonds. The number of fused-ring (bicyclic) bond motifs is 2. The molecule has 2 aromatic heterocycles. The van der Waals surface area contributed by atoms with E-state index >= 15 is 0 Å². The molecule has 0 saturated carbocycles.